The molecular formula is C21H27NO5. The molecule has 1 atom stereocenters. The van der Waals surface area contributed by atoms with Crippen molar-refractivity contribution in [2.24, 2.45) is 0 Å². The van der Waals surface area contributed by atoms with Crippen LogP contribution in [0.1, 0.15) is 30.5 Å². The molecule has 2 aromatic carbocycles. The van der Waals surface area contributed by atoms with Crippen molar-refractivity contribution < 1.29 is 23.7 Å². The molecule has 6 nitrogen and oxygen atoms in total. The first kappa shape index (κ1) is 20.4. The maximum atomic E-state index is 12.4. The SMILES string of the molecule is COc1ccc(OC)c([C@@H](C)NC(=O)CCc2ccc(OC)c(OC)c2)c1. The lowest BCUT2D eigenvalue weighted by molar-refractivity contribution is -0.121. The Morgan fingerprint density at radius 1 is 0.889 bits per heavy atom. The van der Waals surface area contributed by atoms with Crippen molar-refractivity contribution in [2.45, 2.75) is 25.8 Å². The third-order valence-corrected chi connectivity index (χ3v) is 4.37. The van der Waals surface area contributed by atoms with Crippen molar-refractivity contribution in [2.75, 3.05) is 28.4 Å². The van der Waals surface area contributed by atoms with Crippen molar-refractivity contribution in [3.63, 3.8) is 0 Å². The molecule has 0 aliphatic rings. The fraction of sp³-hybridized carbons (Fsp3) is 0.381. The molecule has 0 saturated carbocycles. The summed E-state index contributed by atoms with van der Waals surface area (Å²) in [4.78, 5) is 12.4. The van der Waals surface area contributed by atoms with Crippen LogP contribution in [0.15, 0.2) is 36.4 Å². The molecule has 0 aliphatic carbocycles. The molecule has 6 heteroatoms. The number of benzene rings is 2. The van der Waals surface area contributed by atoms with Crippen molar-refractivity contribution in [3.8, 4) is 23.0 Å². The predicted octanol–water partition coefficient (Wildman–Crippen LogP) is 3.53. The number of carbonyl (C=O) groups excluding carboxylic acids is 1. The average Bonchev–Trinajstić information content (AvgIpc) is 2.71. The Labute approximate surface area is 160 Å². The molecule has 0 unspecified atom stereocenters. The number of hydrogen-bond donors (Lipinski definition) is 1. The Hall–Kier alpha value is -2.89. The minimum atomic E-state index is -0.201. The highest BCUT2D eigenvalue weighted by atomic mass is 16.5. The van der Waals surface area contributed by atoms with Crippen LogP contribution in [0.5, 0.6) is 23.0 Å². The second kappa shape index (κ2) is 9.71. The van der Waals surface area contributed by atoms with Gasteiger partial charge in [0.15, 0.2) is 11.5 Å². The van der Waals surface area contributed by atoms with Gasteiger partial charge in [-0.15, -0.1) is 0 Å². The number of methoxy groups -OCH3 is 4. The van der Waals surface area contributed by atoms with Crippen molar-refractivity contribution in [3.05, 3.63) is 47.5 Å². The van der Waals surface area contributed by atoms with Gasteiger partial charge < -0.3 is 24.3 Å². The van der Waals surface area contributed by atoms with E-state index in [1.807, 2.05) is 43.3 Å². The number of carbonyl (C=O) groups is 1. The molecule has 27 heavy (non-hydrogen) atoms. The van der Waals surface area contributed by atoms with E-state index in [2.05, 4.69) is 5.32 Å². The summed E-state index contributed by atoms with van der Waals surface area (Å²) in [5.41, 5.74) is 1.88. The maximum Gasteiger partial charge on any atom is 0.220 e. The van der Waals surface area contributed by atoms with Crippen LogP contribution in [0.25, 0.3) is 0 Å². The Morgan fingerprint density at radius 2 is 1.56 bits per heavy atom. The molecule has 0 spiro atoms. The first-order valence-corrected chi connectivity index (χ1v) is 8.74. The van der Waals surface area contributed by atoms with Gasteiger partial charge in [0.2, 0.25) is 5.91 Å². The second-order valence-electron chi connectivity index (χ2n) is 6.09. The topological polar surface area (TPSA) is 66.0 Å². The lowest BCUT2D eigenvalue weighted by Gasteiger charge is -2.18. The molecule has 0 bridgehead atoms. The molecule has 0 aliphatic heterocycles. The largest absolute Gasteiger partial charge is 0.497 e. The molecule has 0 saturated heterocycles. The highest BCUT2D eigenvalue weighted by Crippen LogP contribution is 2.30. The normalized spacial score (nSPS) is 11.4. The Kier molecular flexibility index (Phi) is 7.34. The summed E-state index contributed by atoms with van der Waals surface area (Å²) in [5.74, 6) is 2.72. The monoisotopic (exact) mass is 373 g/mol. The van der Waals surface area contributed by atoms with Crippen LogP contribution in [0.2, 0.25) is 0 Å². The quantitative estimate of drug-likeness (QED) is 0.728. The van der Waals surface area contributed by atoms with Crippen LogP contribution in [-0.4, -0.2) is 34.3 Å². The molecule has 0 radical (unpaired) electrons. The minimum Gasteiger partial charge on any atom is -0.497 e. The lowest BCUT2D eigenvalue weighted by atomic mass is 10.1. The number of rotatable bonds is 9. The zero-order valence-corrected chi connectivity index (χ0v) is 16.5. The van der Waals surface area contributed by atoms with Gasteiger partial charge in [-0.05, 0) is 49.2 Å². The molecule has 0 fully saturated rings. The van der Waals surface area contributed by atoms with Gasteiger partial charge in [0.05, 0.1) is 34.5 Å². The van der Waals surface area contributed by atoms with E-state index in [-0.39, 0.29) is 11.9 Å². The second-order valence-corrected chi connectivity index (χ2v) is 6.09. The average molecular weight is 373 g/mol. The number of amides is 1. The fourth-order valence-electron chi connectivity index (χ4n) is 2.86. The minimum absolute atomic E-state index is 0.0397. The number of ether oxygens (including phenoxy) is 4. The Bertz CT molecular complexity index is 775. The van der Waals surface area contributed by atoms with Gasteiger partial charge in [-0.3, -0.25) is 4.79 Å². The predicted molar refractivity (Wildman–Crippen MR) is 104 cm³/mol. The summed E-state index contributed by atoms with van der Waals surface area (Å²) in [5, 5.41) is 3.01. The van der Waals surface area contributed by atoms with Gasteiger partial charge in [0.25, 0.3) is 0 Å². The van der Waals surface area contributed by atoms with E-state index in [1.165, 1.54) is 0 Å². The fourth-order valence-corrected chi connectivity index (χ4v) is 2.86. The zero-order valence-electron chi connectivity index (χ0n) is 16.5. The van der Waals surface area contributed by atoms with Crippen molar-refractivity contribution in [1.29, 1.82) is 0 Å². The molecule has 2 rings (SSSR count). The van der Waals surface area contributed by atoms with Gasteiger partial charge in [0.1, 0.15) is 11.5 Å². The van der Waals surface area contributed by atoms with Crippen molar-refractivity contribution in [1.82, 2.24) is 5.32 Å². The van der Waals surface area contributed by atoms with E-state index in [0.29, 0.717) is 30.1 Å². The maximum absolute atomic E-state index is 12.4. The summed E-state index contributed by atoms with van der Waals surface area (Å²) in [6, 6.07) is 11.0. The first-order chi connectivity index (χ1) is 13.0. The van der Waals surface area contributed by atoms with E-state index in [0.717, 1.165) is 16.9 Å². The third kappa shape index (κ3) is 5.29. The third-order valence-electron chi connectivity index (χ3n) is 4.37. The van der Waals surface area contributed by atoms with Gasteiger partial charge in [-0.2, -0.15) is 0 Å². The van der Waals surface area contributed by atoms with Crippen LogP contribution < -0.4 is 24.3 Å². The smallest absolute Gasteiger partial charge is 0.220 e. The van der Waals surface area contributed by atoms with Gasteiger partial charge in [-0.1, -0.05) is 6.07 Å². The highest BCUT2D eigenvalue weighted by Gasteiger charge is 2.15. The number of nitrogens with one attached hydrogen (secondary N) is 1. The van der Waals surface area contributed by atoms with E-state index in [4.69, 9.17) is 18.9 Å². The summed E-state index contributed by atoms with van der Waals surface area (Å²) in [7, 11) is 6.41. The van der Waals surface area contributed by atoms with E-state index >= 15 is 0 Å². The highest BCUT2D eigenvalue weighted by molar-refractivity contribution is 5.77. The lowest BCUT2D eigenvalue weighted by Crippen LogP contribution is -2.27. The summed E-state index contributed by atoms with van der Waals surface area (Å²) >= 11 is 0. The first-order valence-electron chi connectivity index (χ1n) is 8.74. The molecule has 0 aromatic heterocycles. The molecule has 1 amide bonds. The number of aryl methyl sites for hydroxylation is 1. The van der Waals surface area contributed by atoms with Gasteiger partial charge in [-0.25, -0.2) is 0 Å². The van der Waals surface area contributed by atoms with Crippen LogP contribution in [-0.2, 0) is 11.2 Å². The molecule has 0 heterocycles. The molecule has 146 valence electrons. The zero-order chi connectivity index (χ0) is 19.8. The van der Waals surface area contributed by atoms with Crippen LogP contribution in [0.3, 0.4) is 0 Å². The molecular weight excluding hydrogens is 346 g/mol. The molecule has 1 N–H and O–H groups in total. The van der Waals surface area contributed by atoms with Crippen LogP contribution >= 0.6 is 0 Å². The summed E-state index contributed by atoms with van der Waals surface area (Å²) in [6.07, 6.45) is 0.972. The molecule has 2 aromatic rings. The van der Waals surface area contributed by atoms with Crippen LogP contribution in [0.4, 0.5) is 0 Å². The van der Waals surface area contributed by atoms with Gasteiger partial charge >= 0.3 is 0 Å². The Balaban J connectivity index is 1.99. The van der Waals surface area contributed by atoms with Crippen molar-refractivity contribution >= 4 is 5.91 Å². The van der Waals surface area contributed by atoms with Crippen LogP contribution in [0, 0.1) is 0 Å². The summed E-state index contributed by atoms with van der Waals surface area (Å²) < 4.78 is 21.2. The Morgan fingerprint density at radius 3 is 2.19 bits per heavy atom. The standard InChI is InChI=1S/C21H27NO5/c1-14(17-13-16(24-2)8-10-18(17)25-3)22-21(23)11-7-15-6-9-19(26-4)20(12-15)27-5/h6,8-10,12-14H,7,11H2,1-5H3,(H,22,23)/t14-/m1/s1. The van der Waals surface area contributed by atoms with E-state index < -0.39 is 0 Å². The van der Waals surface area contributed by atoms with E-state index in [9.17, 15) is 4.79 Å². The number of hydrogen-bond acceptors (Lipinski definition) is 5. The van der Waals surface area contributed by atoms with E-state index in [1.54, 1.807) is 28.4 Å². The summed E-state index contributed by atoms with van der Waals surface area (Å²) in [6.45, 7) is 1.92. The van der Waals surface area contributed by atoms with Gasteiger partial charge in [0, 0.05) is 12.0 Å².